The van der Waals surface area contributed by atoms with E-state index in [9.17, 15) is 22.8 Å². The highest BCUT2D eigenvalue weighted by molar-refractivity contribution is 7.91. The molecule has 1 aromatic heterocycles. The molecule has 188 valence electrons. The van der Waals surface area contributed by atoms with Crippen LogP contribution in [0, 0.1) is 6.92 Å². The molecule has 36 heavy (non-hydrogen) atoms. The number of carbonyl (C=O) groups excluding carboxylic acids is 2. The lowest BCUT2D eigenvalue weighted by Gasteiger charge is -2.16. The van der Waals surface area contributed by atoms with Gasteiger partial charge in [0.25, 0.3) is 11.5 Å². The molecule has 10 nitrogen and oxygen atoms in total. The van der Waals surface area contributed by atoms with E-state index in [1.807, 2.05) is 0 Å². The predicted molar refractivity (Wildman–Crippen MR) is 138 cm³/mol. The van der Waals surface area contributed by atoms with E-state index in [0.717, 1.165) is 4.68 Å². The van der Waals surface area contributed by atoms with Crippen LogP contribution >= 0.6 is 11.6 Å². The number of halogens is 1. The zero-order valence-corrected chi connectivity index (χ0v) is 20.7. The number of rotatable bonds is 11. The number of hydrogen-bond acceptors (Lipinski definition) is 6. The molecule has 3 aromatic rings. The summed E-state index contributed by atoms with van der Waals surface area (Å²) in [6.45, 7) is 4.78. The maximum atomic E-state index is 12.9. The van der Waals surface area contributed by atoms with Gasteiger partial charge in [-0.05, 0) is 42.8 Å². The molecule has 0 spiro atoms. The Labute approximate surface area is 212 Å². The van der Waals surface area contributed by atoms with Gasteiger partial charge in [0.05, 0.1) is 5.75 Å². The van der Waals surface area contributed by atoms with Crippen molar-refractivity contribution >= 4 is 45.3 Å². The molecule has 3 N–H and O–H groups in total. The third-order valence-corrected chi connectivity index (χ3v) is 6.32. The monoisotopic (exact) mass is 530 g/mol. The van der Waals surface area contributed by atoms with Crippen LogP contribution in [-0.4, -0.2) is 32.0 Å². The van der Waals surface area contributed by atoms with Gasteiger partial charge >= 0.3 is 0 Å². The highest BCUT2D eigenvalue weighted by Gasteiger charge is 2.17. The summed E-state index contributed by atoms with van der Waals surface area (Å²) in [7, 11) is -3.89. The molecule has 0 saturated carbocycles. The first-order valence-corrected chi connectivity index (χ1v) is 12.5. The number of amides is 2. The van der Waals surface area contributed by atoms with Crippen molar-refractivity contribution in [1.29, 1.82) is 0 Å². The molecule has 0 fully saturated rings. The van der Waals surface area contributed by atoms with Crippen LogP contribution in [0.3, 0.4) is 0 Å². The number of aryl methyl sites for hydroxylation is 1. The second kappa shape index (κ2) is 11.6. The van der Waals surface area contributed by atoms with E-state index in [-0.39, 0.29) is 22.9 Å². The van der Waals surface area contributed by atoms with Crippen molar-refractivity contribution in [2.24, 2.45) is 0 Å². The second-order valence-electron chi connectivity index (χ2n) is 7.58. The summed E-state index contributed by atoms with van der Waals surface area (Å²) in [5.41, 5.74) is 2.89. The van der Waals surface area contributed by atoms with Crippen molar-refractivity contribution in [2.75, 3.05) is 16.8 Å². The minimum atomic E-state index is -3.89. The highest BCUT2D eigenvalue weighted by atomic mass is 35.5. The summed E-state index contributed by atoms with van der Waals surface area (Å²) in [4.78, 5) is 36.2. The number of sulfonamides is 1. The van der Waals surface area contributed by atoms with Crippen molar-refractivity contribution < 1.29 is 22.7 Å². The second-order valence-corrected chi connectivity index (χ2v) is 9.74. The van der Waals surface area contributed by atoms with Gasteiger partial charge in [-0.25, -0.2) is 13.1 Å². The summed E-state index contributed by atoms with van der Waals surface area (Å²) in [5, 5.41) is 2.76. The fourth-order valence-electron chi connectivity index (χ4n) is 3.16. The Balaban J connectivity index is 1.73. The number of carbonyl (C=O) groups is 2. The smallest absolute Gasteiger partial charge is 0.293 e. The lowest BCUT2D eigenvalue weighted by molar-refractivity contribution is -0.119. The molecule has 0 atom stereocenters. The molecule has 1 heterocycles. The third-order valence-electron chi connectivity index (χ3n) is 4.84. The van der Waals surface area contributed by atoms with Gasteiger partial charge in [-0.15, -0.1) is 0 Å². The van der Waals surface area contributed by atoms with Crippen molar-refractivity contribution in [3.63, 3.8) is 0 Å². The number of benzene rings is 2. The van der Waals surface area contributed by atoms with Crippen LogP contribution in [0.5, 0.6) is 5.75 Å². The van der Waals surface area contributed by atoms with Gasteiger partial charge in [-0.1, -0.05) is 48.5 Å². The summed E-state index contributed by atoms with van der Waals surface area (Å²) < 4.78 is 33.8. The molecule has 12 heteroatoms. The van der Waals surface area contributed by atoms with Crippen molar-refractivity contribution in [2.45, 2.75) is 12.7 Å². The fourth-order valence-corrected chi connectivity index (χ4v) is 4.52. The van der Waals surface area contributed by atoms with Gasteiger partial charge in [0.15, 0.2) is 6.61 Å². The maximum absolute atomic E-state index is 12.9. The van der Waals surface area contributed by atoms with Crippen molar-refractivity contribution in [3.8, 4) is 5.75 Å². The van der Waals surface area contributed by atoms with Gasteiger partial charge in [-0.2, -0.15) is 0 Å². The molecular weight excluding hydrogens is 508 g/mol. The van der Waals surface area contributed by atoms with Crippen LogP contribution < -0.4 is 25.8 Å². The first-order valence-electron chi connectivity index (χ1n) is 10.5. The standard InChI is InChI=1S/C24H23ClN4O6S/c1-16-8-10-21(28-36(33,34)14-18-6-4-3-5-7-18)24(32)29(16)27-23(31)13-35-22-11-9-19(25)12-20(22)17(2)26-15-30/h3-12,15,28H,2,13-14H2,1H3,(H,26,30)(H,27,31). The molecule has 0 aliphatic carbocycles. The minimum Gasteiger partial charge on any atom is -0.483 e. The number of nitrogens with zero attached hydrogens (tertiary/aromatic N) is 1. The Morgan fingerprint density at radius 1 is 1.14 bits per heavy atom. The van der Waals surface area contributed by atoms with Gasteiger partial charge < -0.3 is 10.1 Å². The summed E-state index contributed by atoms with van der Waals surface area (Å²) in [5.74, 6) is -0.797. The number of ether oxygens (including phenoxy) is 1. The molecular formula is C24H23ClN4O6S. The quantitative estimate of drug-likeness (QED) is 0.326. The van der Waals surface area contributed by atoms with Crippen molar-refractivity contribution in [3.05, 3.63) is 99.4 Å². The number of nitrogens with one attached hydrogen (secondary N) is 3. The van der Waals surface area contributed by atoms with Gasteiger partial charge in [0.2, 0.25) is 16.4 Å². The van der Waals surface area contributed by atoms with E-state index in [0.29, 0.717) is 28.3 Å². The Bertz CT molecular complexity index is 1460. The third kappa shape index (κ3) is 6.96. The summed E-state index contributed by atoms with van der Waals surface area (Å²) in [6.07, 6.45) is 0.440. The Kier molecular flexibility index (Phi) is 8.51. The topological polar surface area (TPSA) is 136 Å². The molecule has 0 unspecified atom stereocenters. The first-order chi connectivity index (χ1) is 17.1. The van der Waals surface area contributed by atoms with Crippen LogP contribution in [0.1, 0.15) is 16.8 Å². The molecule has 2 amide bonds. The van der Waals surface area contributed by atoms with E-state index in [4.69, 9.17) is 16.3 Å². The summed E-state index contributed by atoms with van der Waals surface area (Å²) in [6, 6.07) is 15.8. The Hall–Kier alpha value is -4.09. The maximum Gasteiger partial charge on any atom is 0.293 e. The predicted octanol–water partition coefficient (Wildman–Crippen LogP) is 2.62. The average Bonchev–Trinajstić information content (AvgIpc) is 2.83. The molecule has 0 saturated heterocycles. The van der Waals surface area contributed by atoms with E-state index < -0.39 is 28.1 Å². The number of pyridine rings is 1. The largest absolute Gasteiger partial charge is 0.483 e. The molecule has 0 aliphatic rings. The van der Waals surface area contributed by atoms with Crippen molar-refractivity contribution in [1.82, 2.24) is 9.99 Å². The van der Waals surface area contributed by atoms with E-state index in [2.05, 4.69) is 22.0 Å². The molecule has 0 aliphatic heterocycles. The van der Waals surface area contributed by atoms with Crippen LogP contribution in [0.15, 0.2) is 72.0 Å². The SMILES string of the molecule is C=C(NC=O)c1cc(Cl)ccc1OCC(=O)Nn1c(C)ccc(NS(=O)(=O)Cc2ccccc2)c1=O. The summed E-state index contributed by atoms with van der Waals surface area (Å²) >= 11 is 5.99. The minimum absolute atomic E-state index is 0.213. The van der Waals surface area contributed by atoms with E-state index in [1.54, 1.807) is 37.3 Å². The first kappa shape index (κ1) is 26.5. The van der Waals surface area contributed by atoms with Crippen LogP contribution in [0.25, 0.3) is 5.70 Å². The Morgan fingerprint density at radius 3 is 2.56 bits per heavy atom. The normalized spacial score (nSPS) is 10.8. The van der Waals surface area contributed by atoms with Crippen LogP contribution in [0.4, 0.5) is 5.69 Å². The number of anilines is 1. The molecule has 3 rings (SSSR count). The van der Waals surface area contributed by atoms with Crippen LogP contribution in [-0.2, 0) is 25.4 Å². The lowest BCUT2D eigenvalue weighted by Crippen LogP contribution is -2.38. The molecule has 2 aromatic carbocycles. The number of aromatic nitrogens is 1. The van der Waals surface area contributed by atoms with Gasteiger partial charge in [0.1, 0.15) is 11.4 Å². The Morgan fingerprint density at radius 2 is 1.86 bits per heavy atom. The number of hydrogen-bond donors (Lipinski definition) is 3. The zero-order valence-electron chi connectivity index (χ0n) is 19.2. The zero-order chi connectivity index (χ0) is 26.3. The molecule has 0 bridgehead atoms. The average molecular weight is 531 g/mol. The lowest BCUT2D eigenvalue weighted by atomic mass is 10.1. The van der Waals surface area contributed by atoms with Crippen LogP contribution in [0.2, 0.25) is 5.02 Å². The molecule has 0 radical (unpaired) electrons. The fraction of sp³-hybridized carbons (Fsp3) is 0.125. The van der Waals surface area contributed by atoms with Gasteiger partial charge in [-0.3, -0.25) is 24.5 Å². The van der Waals surface area contributed by atoms with E-state index in [1.165, 1.54) is 30.3 Å². The van der Waals surface area contributed by atoms with Gasteiger partial charge in [0, 0.05) is 22.0 Å². The highest BCUT2D eigenvalue weighted by Crippen LogP contribution is 2.27. The van der Waals surface area contributed by atoms with E-state index >= 15 is 0 Å².